The lowest BCUT2D eigenvalue weighted by Gasteiger charge is -2.18. The number of rotatable bonds is 2. The van der Waals surface area contributed by atoms with Gasteiger partial charge in [-0.3, -0.25) is 4.79 Å². The van der Waals surface area contributed by atoms with Crippen LogP contribution in [-0.2, 0) is 0 Å². The Bertz CT molecular complexity index is 517. The molecule has 0 bridgehead atoms. The fraction of sp³-hybridized carbons (Fsp3) is 0.462. The second-order valence-electron chi connectivity index (χ2n) is 4.74. The van der Waals surface area contributed by atoms with Crippen LogP contribution in [0.1, 0.15) is 16.8 Å². The number of nitrogen functional groups attached to an aromatic ring is 1. The molecule has 1 fully saturated rings. The standard InChI is InChI=1S/C13H15F3N2O2/c1-20-11-6-8(2-3-10(11)17)12(19)18-5-4-9(7-18)13(14,15)16/h2-3,6,9H,4-5,7,17H2,1H3. The number of benzene rings is 1. The number of nitrogens with zero attached hydrogens (tertiary/aromatic N) is 1. The molecule has 1 aliphatic heterocycles. The maximum Gasteiger partial charge on any atom is 0.393 e. The smallest absolute Gasteiger partial charge is 0.393 e. The molecule has 0 aliphatic carbocycles. The van der Waals surface area contributed by atoms with E-state index in [1.807, 2.05) is 0 Å². The van der Waals surface area contributed by atoms with E-state index in [2.05, 4.69) is 0 Å². The van der Waals surface area contributed by atoms with Gasteiger partial charge in [0.05, 0.1) is 18.7 Å². The lowest BCUT2D eigenvalue weighted by molar-refractivity contribution is -0.169. The number of ether oxygens (including phenoxy) is 1. The van der Waals surface area contributed by atoms with Crippen LogP contribution in [0.3, 0.4) is 0 Å². The summed E-state index contributed by atoms with van der Waals surface area (Å²) in [6, 6.07) is 4.43. The monoisotopic (exact) mass is 288 g/mol. The van der Waals surface area contributed by atoms with Gasteiger partial charge in [0.15, 0.2) is 0 Å². The molecule has 0 saturated carbocycles. The number of hydrogen-bond donors (Lipinski definition) is 1. The first-order valence-corrected chi connectivity index (χ1v) is 6.12. The second-order valence-corrected chi connectivity index (χ2v) is 4.74. The summed E-state index contributed by atoms with van der Waals surface area (Å²) in [5.41, 5.74) is 6.28. The zero-order chi connectivity index (χ0) is 14.9. The Morgan fingerprint density at radius 1 is 1.45 bits per heavy atom. The Balaban J connectivity index is 2.13. The van der Waals surface area contributed by atoms with Crippen LogP contribution in [0.4, 0.5) is 18.9 Å². The minimum atomic E-state index is -4.26. The van der Waals surface area contributed by atoms with Crippen molar-refractivity contribution in [2.75, 3.05) is 25.9 Å². The quantitative estimate of drug-likeness (QED) is 0.850. The fourth-order valence-electron chi connectivity index (χ4n) is 2.24. The molecule has 2 N–H and O–H groups in total. The number of alkyl halides is 3. The predicted octanol–water partition coefficient (Wildman–Crippen LogP) is 2.30. The van der Waals surface area contributed by atoms with Crippen molar-refractivity contribution in [2.24, 2.45) is 5.92 Å². The molecule has 2 rings (SSSR count). The Hall–Kier alpha value is -1.92. The number of amides is 1. The van der Waals surface area contributed by atoms with E-state index in [0.29, 0.717) is 11.4 Å². The highest BCUT2D eigenvalue weighted by Crippen LogP contribution is 2.34. The topological polar surface area (TPSA) is 55.6 Å². The first-order valence-electron chi connectivity index (χ1n) is 6.12. The van der Waals surface area contributed by atoms with E-state index >= 15 is 0 Å². The molecule has 20 heavy (non-hydrogen) atoms. The van der Waals surface area contributed by atoms with Crippen LogP contribution in [0, 0.1) is 5.92 Å². The van der Waals surface area contributed by atoms with E-state index in [4.69, 9.17) is 10.5 Å². The van der Waals surface area contributed by atoms with Crippen LogP contribution in [0.2, 0.25) is 0 Å². The molecule has 1 amide bonds. The molecule has 1 unspecified atom stereocenters. The first kappa shape index (κ1) is 14.5. The van der Waals surface area contributed by atoms with Gasteiger partial charge < -0.3 is 15.4 Å². The summed E-state index contributed by atoms with van der Waals surface area (Å²) in [5, 5.41) is 0. The number of nitrogens with two attached hydrogens (primary N) is 1. The highest BCUT2D eigenvalue weighted by molar-refractivity contribution is 5.95. The predicted molar refractivity (Wildman–Crippen MR) is 67.5 cm³/mol. The Labute approximate surface area is 114 Å². The van der Waals surface area contributed by atoms with Crippen molar-refractivity contribution < 1.29 is 22.7 Å². The Morgan fingerprint density at radius 3 is 2.70 bits per heavy atom. The van der Waals surface area contributed by atoms with Crippen molar-refractivity contribution >= 4 is 11.6 Å². The SMILES string of the molecule is COc1cc(C(=O)N2CCC(C(F)(F)F)C2)ccc1N. The third-order valence-electron chi connectivity index (χ3n) is 3.42. The molecule has 1 heterocycles. The summed E-state index contributed by atoms with van der Waals surface area (Å²) in [4.78, 5) is 13.4. The van der Waals surface area contributed by atoms with Gasteiger partial charge in [0, 0.05) is 18.7 Å². The maximum absolute atomic E-state index is 12.6. The van der Waals surface area contributed by atoms with Crippen molar-refractivity contribution in [2.45, 2.75) is 12.6 Å². The Kier molecular flexibility index (Phi) is 3.78. The number of anilines is 1. The van der Waals surface area contributed by atoms with E-state index in [9.17, 15) is 18.0 Å². The summed E-state index contributed by atoms with van der Waals surface area (Å²) in [7, 11) is 1.41. The molecule has 0 spiro atoms. The van der Waals surface area contributed by atoms with Crippen molar-refractivity contribution in [3.05, 3.63) is 23.8 Å². The van der Waals surface area contributed by atoms with E-state index < -0.39 is 18.0 Å². The molecule has 0 aromatic heterocycles. The zero-order valence-electron chi connectivity index (χ0n) is 10.9. The number of methoxy groups -OCH3 is 1. The summed E-state index contributed by atoms with van der Waals surface area (Å²) in [6.45, 7) is -0.190. The molecular weight excluding hydrogens is 273 g/mol. The summed E-state index contributed by atoms with van der Waals surface area (Å²) < 4.78 is 42.8. The second kappa shape index (κ2) is 5.22. The van der Waals surface area contributed by atoms with Gasteiger partial charge in [0.25, 0.3) is 5.91 Å². The van der Waals surface area contributed by atoms with Crippen molar-refractivity contribution in [3.63, 3.8) is 0 Å². The third-order valence-corrected chi connectivity index (χ3v) is 3.42. The molecule has 1 aliphatic rings. The molecule has 110 valence electrons. The number of carbonyl (C=O) groups is 1. The molecule has 1 saturated heterocycles. The fourth-order valence-corrected chi connectivity index (χ4v) is 2.24. The molecular formula is C13H15F3N2O2. The van der Waals surface area contributed by atoms with Gasteiger partial charge in [0.2, 0.25) is 0 Å². The van der Waals surface area contributed by atoms with Gasteiger partial charge >= 0.3 is 6.18 Å². The van der Waals surface area contributed by atoms with E-state index in [1.54, 1.807) is 0 Å². The summed E-state index contributed by atoms with van der Waals surface area (Å²) in [5.74, 6) is -1.54. The number of halogens is 3. The van der Waals surface area contributed by atoms with Crippen LogP contribution in [-0.4, -0.2) is 37.2 Å². The van der Waals surface area contributed by atoms with E-state index in [1.165, 1.54) is 30.2 Å². The minimum absolute atomic E-state index is 0.0542. The molecule has 0 radical (unpaired) electrons. The van der Waals surface area contributed by atoms with Crippen molar-refractivity contribution in [1.29, 1.82) is 0 Å². The van der Waals surface area contributed by atoms with Gasteiger partial charge in [-0.2, -0.15) is 13.2 Å². The number of hydrogen-bond acceptors (Lipinski definition) is 3. The van der Waals surface area contributed by atoms with Gasteiger partial charge in [-0.1, -0.05) is 0 Å². The van der Waals surface area contributed by atoms with E-state index in [-0.39, 0.29) is 25.1 Å². The molecule has 1 atom stereocenters. The maximum atomic E-state index is 12.6. The average molecular weight is 288 g/mol. The first-order chi connectivity index (χ1) is 9.32. The van der Waals surface area contributed by atoms with Crippen LogP contribution < -0.4 is 10.5 Å². The average Bonchev–Trinajstić information content (AvgIpc) is 2.88. The van der Waals surface area contributed by atoms with E-state index in [0.717, 1.165) is 0 Å². The molecule has 1 aromatic carbocycles. The summed E-state index contributed by atoms with van der Waals surface area (Å²) >= 11 is 0. The lowest BCUT2D eigenvalue weighted by atomic mass is 10.1. The van der Waals surface area contributed by atoms with Crippen LogP contribution in [0.15, 0.2) is 18.2 Å². The lowest BCUT2D eigenvalue weighted by Crippen LogP contribution is -2.32. The molecule has 4 nitrogen and oxygen atoms in total. The number of likely N-dealkylation sites (tertiary alicyclic amines) is 1. The van der Waals surface area contributed by atoms with Crippen molar-refractivity contribution in [1.82, 2.24) is 4.90 Å². The van der Waals surface area contributed by atoms with Gasteiger partial charge in [-0.05, 0) is 24.6 Å². The van der Waals surface area contributed by atoms with Crippen molar-refractivity contribution in [3.8, 4) is 5.75 Å². The number of carbonyl (C=O) groups excluding carboxylic acids is 1. The highest BCUT2D eigenvalue weighted by atomic mass is 19.4. The molecule has 1 aromatic rings. The van der Waals surface area contributed by atoms with Crippen LogP contribution >= 0.6 is 0 Å². The Morgan fingerprint density at radius 2 is 2.15 bits per heavy atom. The van der Waals surface area contributed by atoms with Gasteiger partial charge in [0.1, 0.15) is 5.75 Å². The zero-order valence-corrected chi connectivity index (χ0v) is 10.9. The van der Waals surface area contributed by atoms with Gasteiger partial charge in [-0.15, -0.1) is 0 Å². The third kappa shape index (κ3) is 2.81. The highest BCUT2D eigenvalue weighted by Gasteiger charge is 2.44. The molecule has 7 heteroatoms. The van der Waals surface area contributed by atoms with Crippen LogP contribution in [0.5, 0.6) is 5.75 Å². The minimum Gasteiger partial charge on any atom is -0.495 e. The normalized spacial score (nSPS) is 19.2. The van der Waals surface area contributed by atoms with Gasteiger partial charge in [-0.25, -0.2) is 0 Å². The largest absolute Gasteiger partial charge is 0.495 e. The summed E-state index contributed by atoms with van der Waals surface area (Å²) in [6.07, 6.45) is -4.31. The van der Waals surface area contributed by atoms with Crippen LogP contribution in [0.25, 0.3) is 0 Å².